The van der Waals surface area contributed by atoms with Crippen molar-refractivity contribution < 1.29 is 0 Å². The third-order valence-corrected chi connectivity index (χ3v) is 4.86. The predicted molar refractivity (Wildman–Crippen MR) is 113 cm³/mol. The monoisotopic (exact) mass is 400 g/mol. The Morgan fingerprint density at radius 1 is 0.769 bits per heavy atom. The van der Waals surface area contributed by atoms with Crippen LogP contribution in [0.5, 0.6) is 0 Å². The van der Waals surface area contributed by atoms with Gasteiger partial charge < -0.3 is 0 Å². The third-order valence-electron chi connectivity index (χ3n) is 4.22. The maximum absolute atomic E-state index is 4.90. The van der Waals surface area contributed by atoms with Gasteiger partial charge in [0.1, 0.15) is 0 Å². The molecule has 0 radical (unpaired) electrons. The number of rotatable bonds is 4. The van der Waals surface area contributed by atoms with E-state index in [-0.39, 0.29) is 0 Å². The molecule has 4 rings (SSSR count). The molecule has 126 valence electrons. The van der Waals surface area contributed by atoms with Gasteiger partial charge in [0.2, 0.25) is 0 Å². The van der Waals surface area contributed by atoms with Gasteiger partial charge in [0.25, 0.3) is 0 Å². The van der Waals surface area contributed by atoms with E-state index in [1.807, 2.05) is 42.5 Å². The number of hydrogen-bond acceptors (Lipinski definition) is 2. The van der Waals surface area contributed by atoms with E-state index in [1.165, 1.54) is 5.56 Å². The molecule has 1 heterocycles. The minimum absolute atomic E-state index is 0.715. The maximum Gasteiger partial charge on any atom is 0.153 e. The van der Waals surface area contributed by atoms with Crippen molar-refractivity contribution >= 4 is 38.4 Å². The molecule has 1 aromatic heterocycles. The summed E-state index contributed by atoms with van der Waals surface area (Å²) in [5.41, 5.74) is 5.25. The third kappa shape index (κ3) is 3.58. The molecule has 0 bridgehead atoms. The summed E-state index contributed by atoms with van der Waals surface area (Å²) in [6, 6.07) is 30.8. The molecule has 4 aromatic rings. The fourth-order valence-corrected chi connectivity index (χ4v) is 3.25. The van der Waals surface area contributed by atoms with Crippen LogP contribution in [0.4, 0.5) is 5.82 Å². The normalized spacial score (nSPS) is 10.7. The number of fused-ring (bicyclic) bond motifs is 1. The Morgan fingerprint density at radius 2 is 1.38 bits per heavy atom. The van der Waals surface area contributed by atoms with Crippen molar-refractivity contribution in [2.24, 2.45) is 4.99 Å². The lowest BCUT2D eigenvalue weighted by Gasteiger charge is -2.08. The fraction of sp³-hybridized carbons (Fsp3) is 0.0435. The molecular weight excluding hydrogens is 384 g/mol. The van der Waals surface area contributed by atoms with Crippen molar-refractivity contribution in [2.45, 2.75) is 5.33 Å². The number of alkyl halides is 1. The van der Waals surface area contributed by atoms with Crippen LogP contribution in [-0.4, -0.2) is 10.7 Å². The first-order valence-corrected chi connectivity index (χ1v) is 9.61. The molecule has 0 spiro atoms. The quantitative estimate of drug-likeness (QED) is 0.291. The zero-order valence-corrected chi connectivity index (χ0v) is 15.7. The highest BCUT2D eigenvalue weighted by Crippen LogP contribution is 2.22. The molecule has 0 unspecified atom stereocenters. The highest BCUT2D eigenvalue weighted by Gasteiger charge is 2.08. The Labute approximate surface area is 161 Å². The first kappa shape index (κ1) is 16.7. The largest absolute Gasteiger partial charge is 0.229 e. The molecule has 0 aliphatic rings. The van der Waals surface area contributed by atoms with Crippen LogP contribution < -0.4 is 0 Å². The van der Waals surface area contributed by atoms with E-state index >= 15 is 0 Å². The van der Waals surface area contributed by atoms with Gasteiger partial charge in [-0.05, 0) is 23.8 Å². The van der Waals surface area contributed by atoms with Gasteiger partial charge in [-0.25, -0.2) is 9.98 Å². The van der Waals surface area contributed by atoms with Gasteiger partial charge in [0.05, 0.1) is 11.2 Å². The average Bonchev–Trinajstić information content (AvgIpc) is 2.72. The van der Waals surface area contributed by atoms with Crippen LogP contribution in [0.25, 0.3) is 10.9 Å². The molecule has 0 atom stereocenters. The van der Waals surface area contributed by atoms with Crippen molar-refractivity contribution in [3.63, 3.8) is 0 Å². The SMILES string of the molecule is BrCc1ccc2ccc(N=C(c3ccccc3)c3ccccc3)nc2c1. The van der Waals surface area contributed by atoms with Gasteiger partial charge in [-0.1, -0.05) is 88.7 Å². The Hall–Kier alpha value is -2.78. The van der Waals surface area contributed by atoms with Crippen LogP contribution in [0.1, 0.15) is 16.7 Å². The molecule has 0 N–H and O–H groups in total. The van der Waals surface area contributed by atoms with Crippen molar-refractivity contribution in [3.8, 4) is 0 Å². The second-order valence-electron chi connectivity index (χ2n) is 6.02. The molecule has 3 heteroatoms. The van der Waals surface area contributed by atoms with Crippen molar-refractivity contribution in [2.75, 3.05) is 0 Å². The van der Waals surface area contributed by atoms with Gasteiger partial charge in [-0.2, -0.15) is 0 Å². The molecule has 0 aliphatic carbocycles. The van der Waals surface area contributed by atoms with Crippen molar-refractivity contribution in [3.05, 3.63) is 108 Å². The molecule has 3 aromatic carbocycles. The molecule has 2 nitrogen and oxygen atoms in total. The molecule has 0 aliphatic heterocycles. The van der Waals surface area contributed by atoms with E-state index in [1.54, 1.807) is 0 Å². The number of benzene rings is 3. The van der Waals surface area contributed by atoms with Gasteiger partial charge in [0.15, 0.2) is 5.82 Å². The van der Waals surface area contributed by atoms with E-state index in [0.29, 0.717) is 5.82 Å². The minimum atomic E-state index is 0.715. The Kier molecular flexibility index (Phi) is 4.89. The zero-order valence-electron chi connectivity index (χ0n) is 14.1. The Morgan fingerprint density at radius 3 is 2.00 bits per heavy atom. The van der Waals surface area contributed by atoms with Gasteiger partial charge in [0, 0.05) is 21.8 Å². The van der Waals surface area contributed by atoms with Gasteiger partial charge in [-0.15, -0.1) is 0 Å². The second-order valence-corrected chi connectivity index (χ2v) is 6.58. The smallest absolute Gasteiger partial charge is 0.153 e. The molecular formula is C23H17BrN2. The highest BCUT2D eigenvalue weighted by molar-refractivity contribution is 9.08. The Bertz CT molecular complexity index is 1020. The van der Waals surface area contributed by atoms with E-state index in [2.05, 4.69) is 64.5 Å². The number of aliphatic imine (C=N–C) groups is 1. The second kappa shape index (κ2) is 7.63. The van der Waals surface area contributed by atoms with Crippen LogP contribution in [0.15, 0.2) is 96.0 Å². The fourth-order valence-electron chi connectivity index (χ4n) is 2.90. The van der Waals surface area contributed by atoms with Crippen LogP contribution in [0.2, 0.25) is 0 Å². The molecule has 0 fully saturated rings. The molecule has 0 saturated carbocycles. The van der Waals surface area contributed by atoms with Crippen LogP contribution >= 0.6 is 15.9 Å². The summed E-state index contributed by atoms with van der Waals surface area (Å²) in [5.74, 6) is 0.715. The lowest BCUT2D eigenvalue weighted by Crippen LogP contribution is -2.02. The summed E-state index contributed by atoms with van der Waals surface area (Å²) in [7, 11) is 0. The van der Waals surface area contributed by atoms with E-state index < -0.39 is 0 Å². The average molecular weight is 401 g/mol. The number of hydrogen-bond donors (Lipinski definition) is 0. The standard InChI is InChI=1S/C23H17BrN2/c24-16-17-11-12-18-13-14-22(25-21(18)15-17)26-23(19-7-3-1-4-8-19)20-9-5-2-6-10-20/h1-15H,16H2. The van der Waals surface area contributed by atoms with E-state index in [4.69, 9.17) is 9.98 Å². The van der Waals surface area contributed by atoms with E-state index in [9.17, 15) is 0 Å². The molecule has 26 heavy (non-hydrogen) atoms. The summed E-state index contributed by atoms with van der Waals surface area (Å²) >= 11 is 3.51. The number of aromatic nitrogens is 1. The van der Waals surface area contributed by atoms with Crippen molar-refractivity contribution in [1.82, 2.24) is 4.98 Å². The lowest BCUT2D eigenvalue weighted by molar-refractivity contribution is 1.31. The molecule has 0 amide bonds. The number of pyridine rings is 1. The minimum Gasteiger partial charge on any atom is -0.229 e. The van der Waals surface area contributed by atoms with Crippen LogP contribution in [-0.2, 0) is 5.33 Å². The topological polar surface area (TPSA) is 25.2 Å². The Balaban J connectivity index is 1.85. The summed E-state index contributed by atoms with van der Waals surface area (Å²) in [6.07, 6.45) is 0. The summed E-state index contributed by atoms with van der Waals surface area (Å²) in [5, 5.41) is 1.94. The van der Waals surface area contributed by atoms with E-state index in [0.717, 1.165) is 33.1 Å². The molecule has 0 saturated heterocycles. The van der Waals surface area contributed by atoms with Crippen LogP contribution in [0, 0.1) is 0 Å². The maximum atomic E-state index is 4.90. The summed E-state index contributed by atoms with van der Waals surface area (Å²) in [6.45, 7) is 0. The zero-order chi connectivity index (χ0) is 17.8. The van der Waals surface area contributed by atoms with Crippen molar-refractivity contribution in [1.29, 1.82) is 0 Å². The summed E-state index contributed by atoms with van der Waals surface area (Å²) < 4.78 is 0. The number of nitrogens with zero attached hydrogens (tertiary/aromatic N) is 2. The van der Waals surface area contributed by atoms with Gasteiger partial charge in [-0.3, -0.25) is 0 Å². The van der Waals surface area contributed by atoms with Crippen LogP contribution in [0.3, 0.4) is 0 Å². The highest BCUT2D eigenvalue weighted by atomic mass is 79.9. The lowest BCUT2D eigenvalue weighted by atomic mass is 10.0. The van der Waals surface area contributed by atoms with Gasteiger partial charge >= 0.3 is 0 Å². The first-order chi connectivity index (χ1) is 12.8. The first-order valence-electron chi connectivity index (χ1n) is 8.49. The number of halogens is 1. The summed E-state index contributed by atoms with van der Waals surface area (Å²) in [4.78, 5) is 9.66. The predicted octanol–water partition coefficient (Wildman–Crippen LogP) is 6.30.